The van der Waals surface area contributed by atoms with E-state index < -0.39 is 0 Å². The van der Waals surface area contributed by atoms with Crippen molar-refractivity contribution in [3.05, 3.63) is 119 Å². The number of rotatable bonds is 6. The Hall–Kier alpha value is -4.18. The predicted molar refractivity (Wildman–Crippen MR) is 136 cm³/mol. The van der Waals surface area contributed by atoms with Crippen LogP contribution in [0.25, 0.3) is 0 Å². The molecule has 4 nitrogen and oxygen atoms in total. The van der Waals surface area contributed by atoms with E-state index in [-0.39, 0.29) is 17.4 Å². The van der Waals surface area contributed by atoms with Crippen LogP contribution < -0.4 is 0 Å². The third kappa shape index (κ3) is 5.01. The highest BCUT2D eigenvalue weighted by Crippen LogP contribution is 2.32. The Morgan fingerprint density at radius 2 is 1.39 bits per heavy atom. The maximum atomic E-state index is 10.6. The topological polar surface area (TPSA) is 65.2 Å². The predicted octanol–water partition coefficient (Wildman–Crippen LogP) is 7.14. The molecule has 33 heavy (non-hydrogen) atoms. The van der Waals surface area contributed by atoms with Gasteiger partial charge in [-0.1, -0.05) is 80.6 Å². The minimum atomic E-state index is 0.163. The molecule has 4 heteroatoms. The van der Waals surface area contributed by atoms with Crippen molar-refractivity contribution < 1.29 is 10.2 Å². The summed E-state index contributed by atoms with van der Waals surface area (Å²) in [5.74, 6) is 0.620. The third-order valence-electron chi connectivity index (χ3n) is 5.38. The van der Waals surface area contributed by atoms with Crippen LogP contribution in [0.1, 0.15) is 42.0 Å². The van der Waals surface area contributed by atoms with Crippen molar-refractivity contribution in [1.29, 1.82) is 0 Å². The van der Waals surface area contributed by atoms with E-state index in [1.54, 1.807) is 18.3 Å². The van der Waals surface area contributed by atoms with Gasteiger partial charge in [0.05, 0.1) is 17.1 Å². The monoisotopic (exact) mass is 434 g/mol. The van der Waals surface area contributed by atoms with Gasteiger partial charge in [-0.2, -0.15) is 0 Å². The molecule has 0 fully saturated rings. The van der Waals surface area contributed by atoms with E-state index in [2.05, 4.69) is 4.99 Å². The van der Waals surface area contributed by atoms with Crippen LogP contribution in [-0.4, -0.2) is 22.1 Å². The summed E-state index contributed by atoms with van der Waals surface area (Å²) >= 11 is 0. The van der Waals surface area contributed by atoms with Crippen LogP contribution in [0.4, 0.5) is 11.4 Å². The summed E-state index contributed by atoms with van der Waals surface area (Å²) in [7, 11) is 0. The van der Waals surface area contributed by atoms with E-state index in [1.165, 1.54) is 0 Å². The van der Waals surface area contributed by atoms with E-state index in [0.717, 1.165) is 11.1 Å². The fourth-order valence-corrected chi connectivity index (χ4v) is 3.63. The number of aliphatic imine (C=N–C) groups is 2. The first-order valence-corrected chi connectivity index (χ1v) is 10.9. The van der Waals surface area contributed by atoms with Crippen molar-refractivity contribution in [2.45, 2.75) is 19.8 Å². The fraction of sp³-hybridized carbons (Fsp3) is 0.103. The second kappa shape index (κ2) is 9.96. The van der Waals surface area contributed by atoms with Gasteiger partial charge < -0.3 is 10.2 Å². The zero-order valence-corrected chi connectivity index (χ0v) is 18.7. The summed E-state index contributed by atoms with van der Waals surface area (Å²) in [6, 6.07) is 30.2. The molecule has 4 rings (SSSR count). The van der Waals surface area contributed by atoms with Crippen LogP contribution in [0, 0.1) is 0 Å². The van der Waals surface area contributed by atoms with Gasteiger partial charge >= 0.3 is 0 Å². The molecule has 0 aromatic heterocycles. The number of aromatic hydroxyl groups is 2. The first-order chi connectivity index (χ1) is 16.0. The van der Waals surface area contributed by atoms with Gasteiger partial charge in [0.1, 0.15) is 11.5 Å². The highest BCUT2D eigenvalue weighted by molar-refractivity contribution is 6.15. The maximum Gasteiger partial charge on any atom is 0.127 e. The minimum Gasteiger partial charge on any atom is -0.507 e. The SMILES string of the molecule is CC(C)c1cccc(C=Nc2ccccc2N=C(c2ccccc2)c2ccccc2O)c1O. The van der Waals surface area contributed by atoms with Crippen molar-refractivity contribution in [2.75, 3.05) is 0 Å². The lowest BCUT2D eigenvalue weighted by atomic mass is 9.99. The molecule has 0 atom stereocenters. The summed E-state index contributed by atoms with van der Waals surface area (Å²) in [5.41, 5.74) is 5.05. The number of phenolic OH excluding ortho intramolecular Hbond substituents is 2. The quantitative estimate of drug-likeness (QED) is 0.317. The van der Waals surface area contributed by atoms with Crippen LogP contribution in [0.15, 0.2) is 107 Å². The van der Waals surface area contributed by atoms with Gasteiger partial charge in [-0.25, -0.2) is 4.99 Å². The highest BCUT2D eigenvalue weighted by atomic mass is 16.3. The van der Waals surface area contributed by atoms with Crippen molar-refractivity contribution in [3.63, 3.8) is 0 Å². The molecule has 0 heterocycles. The Balaban J connectivity index is 1.80. The zero-order chi connectivity index (χ0) is 23.2. The van der Waals surface area contributed by atoms with Gasteiger partial charge in [0.2, 0.25) is 0 Å². The molecular weight excluding hydrogens is 408 g/mol. The highest BCUT2D eigenvalue weighted by Gasteiger charge is 2.13. The van der Waals surface area contributed by atoms with Crippen LogP contribution in [0.3, 0.4) is 0 Å². The number of nitrogens with zero attached hydrogens (tertiary/aromatic N) is 2. The fourth-order valence-electron chi connectivity index (χ4n) is 3.63. The van der Waals surface area contributed by atoms with Crippen molar-refractivity contribution in [3.8, 4) is 11.5 Å². The Morgan fingerprint density at radius 3 is 2.12 bits per heavy atom. The molecule has 0 amide bonds. The molecule has 4 aromatic rings. The first kappa shape index (κ1) is 22.0. The van der Waals surface area contributed by atoms with Gasteiger partial charge in [0.15, 0.2) is 0 Å². The number of benzene rings is 4. The first-order valence-electron chi connectivity index (χ1n) is 10.9. The van der Waals surface area contributed by atoms with Crippen molar-refractivity contribution >= 4 is 23.3 Å². The van der Waals surface area contributed by atoms with E-state index in [0.29, 0.717) is 28.2 Å². The third-order valence-corrected chi connectivity index (χ3v) is 5.38. The van der Waals surface area contributed by atoms with Crippen LogP contribution in [0.5, 0.6) is 11.5 Å². The van der Waals surface area contributed by atoms with E-state index in [4.69, 9.17) is 4.99 Å². The lowest BCUT2D eigenvalue weighted by Crippen LogP contribution is -2.03. The molecule has 164 valence electrons. The molecule has 4 aromatic carbocycles. The average Bonchev–Trinajstić information content (AvgIpc) is 2.83. The molecule has 0 saturated carbocycles. The van der Waals surface area contributed by atoms with Crippen LogP contribution in [-0.2, 0) is 0 Å². The van der Waals surface area contributed by atoms with E-state index in [9.17, 15) is 10.2 Å². The van der Waals surface area contributed by atoms with Gasteiger partial charge in [0.25, 0.3) is 0 Å². The molecular formula is C29H26N2O2. The molecule has 0 unspecified atom stereocenters. The molecule has 0 radical (unpaired) electrons. The standard InChI is InChI=1S/C29H26N2O2/c1-20(2)23-15-10-13-22(29(23)33)19-30-25-16-7-8-17-26(25)31-28(21-11-4-3-5-12-21)24-14-6-9-18-27(24)32/h3-20,32-33H,1-2H3. The molecule has 0 aliphatic rings. The Morgan fingerprint density at radius 1 is 0.727 bits per heavy atom. The smallest absolute Gasteiger partial charge is 0.127 e. The zero-order valence-electron chi connectivity index (χ0n) is 18.7. The van der Waals surface area contributed by atoms with E-state index >= 15 is 0 Å². The maximum absolute atomic E-state index is 10.6. The summed E-state index contributed by atoms with van der Waals surface area (Å²) in [6.45, 7) is 4.09. The normalized spacial score (nSPS) is 11.9. The van der Waals surface area contributed by atoms with E-state index in [1.807, 2.05) is 98.8 Å². The molecule has 2 N–H and O–H groups in total. The Bertz CT molecular complexity index is 1310. The second-order valence-electron chi connectivity index (χ2n) is 8.03. The summed E-state index contributed by atoms with van der Waals surface area (Å²) in [5, 5.41) is 21.1. The van der Waals surface area contributed by atoms with Crippen molar-refractivity contribution in [2.24, 2.45) is 9.98 Å². The number of hydrogen-bond acceptors (Lipinski definition) is 4. The summed E-state index contributed by atoms with van der Waals surface area (Å²) in [4.78, 5) is 9.57. The molecule has 0 spiro atoms. The number of phenols is 2. The second-order valence-corrected chi connectivity index (χ2v) is 8.03. The lowest BCUT2D eigenvalue weighted by Gasteiger charge is -2.11. The van der Waals surface area contributed by atoms with Crippen LogP contribution >= 0.6 is 0 Å². The number of hydrogen-bond donors (Lipinski definition) is 2. The largest absolute Gasteiger partial charge is 0.507 e. The summed E-state index contributed by atoms with van der Waals surface area (Å²) in [6.07, 6.45) is 1.66. The Kier molecular flexibility index (Phi) is 6.65. The van der Waals surface area contributed by atoms with Gasteiger partial charge in [0, 0.05) is 22.9 Å². The molecule has 0 aliphatic heterocycles. The lowest BCUT2D eigenvalue weighted by molar-refractivity contribution is 0.464. The molecule has 0 bridgehead atoms. The number of para-hydroxylation sites is 4. The van der Waals surface area contributed by atoms with Crippen LogP contribution in [0.2, 0.25) is 0 Å². The molecule has 0 aliphatic carbocycles. The van der Waals surface area contributed by atoms with Gasteiger partial charge in [-0.3, -0.25) is 4.99 Å². The molecule has 0 saturated heterocycles. The summed E-state index contributed by atoms with van der Waals surface area (Å²) < 4.78 is 0. The van der Waals surface area contributed by atoms with Gasteiger partial charge in [-0.15, -0.1) is 0 Å². The van der Waals surface area contributed by atoms with Crippen molar-refractivity contribution in [1.82, 2.24) is 0 Å². The minimum absolute atomic E-state index is 0.163. The average molecular weight is 435 g/mol. The van der Waals surface area contributed by atoms with Gasteiger partial charge in [-0.05, 0) is 41.8 Å². The Labute approximate surface area is 194 Å².